The van der Waals surface area contributed by atoms with E-state index in [1.54, 1.807) is 24.3 Å². The molecule has 1 aromatic carbocycles. The van der Waals surface area contributed by atoms with Gasteiger partial charge in [0.25, 0.3) is 0 Å². The van der Waals surface area contributed by atoms with Gasteiger partial charge in [-0.2, -0.15) is 0 Å². The van der Waals surface area contributed by atoms with Crippen LogP contribution >= 0.6 is 0 Å². The SMILES string of the molecule is COC(=O)/C=C/C1=CC2C3c4cc(OC)c(OC)cc4C(=O)C2(O)CC1C3C(=O)OC. The first-order valence-electron chi connectivity index (χ1n) is 9.89. The molecular weight excluding hydrogens is 404 g/mol. The topological polar surface area (TPSA) is 108 Å². The molecule has 4 bridgehead atoms. The fourth-order valence-corrected chi connectivity index (χ4v) is 5.36. The second-order valence-corrected chi connectivity index (χ2v) is 7.98. The van der Waals surface area contributed by atoms with Crippen molar-refractivity contribution in [3.8, 4) is 11.5 Å². The molecule has 31 heavy (non-hydrogen) atoms. The molecule has 8 nitrogen and oxygen atoms in total. The number of fused-ring (bicyclic) bond motifs is 1. The molecule has 164 valence electrons. The minimum atomic E-state index is -1.66. The van der Waals surface area contributed by atoms with Crippen molar-refractivity contribution in [3.05, 3.63) is 47.1 Å². The Balaban J connectivity index is 1.92. The van der Waals surface area contributed by atoms with Crippen LogP contribution in [0.5, 0.6) is 11.5 Å². The number of hydrogen-bond donors (Lipinski definition) is 1. The van der Waals surface area contributed by atoms with Gasteiger partial charge in [0, 0.05) is 29.4 Å². The predicted octanol–water partition coefficient (Wildman–Crippen LogP) is 1.81. The maximum atomic E-state index is 13.4. The third-order valence-corrected chi connectivity index (χ3v) is 6.73. The molecule has 5 rings (SSSR count). The van der Waals surface area contributed by atoms with Crippen LogP contribution in [0.2, 0.25) is 0 Å². The highest BCUT2D eigenvalue weighted by molar-refractivity contribution is 6.07. The van der Waals surface area contributed by atoms with Crippen LogP contribution in [-0.2, 0) is 19.1 Å². The van der Waals surface area contributed by atoms with Crippen molar-refractivity contribution in [1.29, 1.82) is 0 Å². The Morgan fingerprint density at radius 2 is 1.77 bits per heavy atom. The third-order valence-electron chi connectivity index (χ3n) is 6.73. The average Bonchev–Trinajstić information content (AvgIpc) is 2.79. The lowest BCUT2D eigenvalue weighted by Gasteiger charge is -2.56. The molecule has 1 aromatic rings. The highest BCUT2D eigenvalue weighted by Crippen LogP contribution is 2.61. The smallest absolute Gasteiger partial charge is 0.330 e. The van der Waals surface area contributed by atoms with Crippen molar-refractivity contribution >= 4 is 17.7 Å². The number of hydrogen-bond acceptors (Lipinski definition) is 8. The lowest BCUT2D eigenvalue weighted by molar-refractivity contribution is -0.155. The van der Waals surface area contributed by atoms with Gasteiger partial charge >= 0.3 is 11.9 Å². The number of ether oxygens (including phenoxy) is 4. The van der Waals surface area contributed by atoms with Crippen molar-refractivity contribution in [2.24, 2.45) is 17.8 Å². The van der Waals surface area contributed by atoms with Gasteiger partial charge in [0.05, 0.1) is 34.4 Å². The molecule has 0 aromatic heterocycles. The summed E-state index contributed by atoms with van der Waals surface area (Å²) in [6, 6.07) is 3.26. The van der Waals surface area contributed by atoms with Crippen molar-refractivity contribution in [2.75, 3.05) is 28.4 Å². The summed E-state index contributed by atoms with van der Waals surface area (Å²) in [6.45, 7) is 0. The maximum Gasteiger partial charge on any atom is 0.330 e. The summed E-state index contributed by atoms with van der Waals surface area (Å²) in [6.07, 6.45) is 4.69. The molecule has 4 aliphatic rings. The normalized spacial score (nSPS) is 30.5. The summed E-state index contributed by atoms with van der Waals surface area (Å²) in [5.74, 6) is -2.86. The summed E-state index contributed by atoms with van der Waals surface area (Å²) < 4.78 is 20.5. The molecule has 1 saturated carbocycles. The number of methoxy groups -OCH3 is 4. The zero-order valence-electron chi connectivity index (χ0n) is 17.7. The van der Waals surface area contributed by atoms with E-state index in [0.717, 1.165) is 0 Å². The molecule has 0 heterocycles. The highest BCUT2D eigenvalue weighted by Gasteiger charge is 2.64. The molecule has 5 atom stereocenters. The molecule has 0 spiro atoms. The summed E-state index contributed by atoms with van der Waals surface area (Å²) in [5.41, 5.74) is -0.0291. The first-order chi connectivity index (χ1) is 14.8. The number of carbonyl (C=O) groups excluding carboxylic acids is 3. The van der Waals surface area contributed by atoms with Gasteiger partial charge < -0.3 is 24.1 Å². The standard InChI is InChI=1S/C23H24O8/c1-28-16-8-12-13(9-17(16)29-2)21(25)23(27)10-14-11(5-6-18(24)30-3)7-15(23)19(12)20(14)22(26)31-4/h5-9,14-15,19-20,27H,10H2,1-4H3/b6-5+. The van der Waals surface area contributed by atoms with Gasteiger partial charge in [-0.25, -0.2) is 4.79 Å². The number of rotatable bonds is 5. The Morgan fingerprint density at radius 3 is 2.39 bits per heavy atom. The van der Waals surface area contributed by atoms with E-state index in [1.807, 2.05) is 0 Å². The van der Waals surface area contributed by atoms with Crippen LogP contribution in [0.4, 0.5) is 0 Å². The van der Waals surface area contributed by atoms with Gasteiger partial charge in [0.2, 0.25) is 0 Å². The number of ketones is 1. The van der Waals surface area contributed by atoms with E-state index < -0.39 is 47.0 Å². The minimum Gasteiger partial charge on any atom is -0.493 e. The Labute approximate surface area is 179 Å². The first-order valence-corrected chi connectivity index (χ1v) is 9.89. The van der Waals surface area contributed by atoms with Gasteiger partial charge in [0.15, 0.2) is 17.3 Å². The quantitative estimate of drug-likeness (QED) is 0.559. The third kappa shape index (κ3) is 2.96. The Morgan fingerprint density at radius 1 is 1.10 bits per heavy atom. The molecule has 8 heteroatoms. The molecule has 0 aliphatic heterocycles. The van der Waals surface area contributed by atoms with Crippen molar-refractivity contribution in [3.63, 3.8) is 0 Å². The second kappa shape index (κ2) is 7.53. The number of aliphatic hydroxyl groups is 1. The molecule has 0 saturated heterocycles. The predicted molar refractivity (Wildman–Crippen MR) is 108 cm³/mol. The Kier molecular flexibility index (Phi) is 5.13. The number of carbonyl (C=O) groups is 3. The molecule has 0 amide bonds. The highest BCUT2D eigenvalue weighted by atomic mass is 16.5. The van der Waals surface area contributed by atoms with Crippen LogP contribution in [0.3, 0.4) is 0 Å². The fourth-order valence-electron chi connectivity index (χ4n) is 5.36. The summed E-state index contributed by atoms with van der Waals surface area (Å²) in [7, 11) is 5.55. The minimum absolute atomic E-state index is 0.0535. The van der Waals surface area contributed by atoms with Crippen LogP contribution in [-0.4, -0.2) is 56.9 Å². The van der Waals surface area contributed by atoms with Gasteiger partial charge in [-0.15, -0.1) is 0 Å². The maximum absolute atomic E-state index is 13.4. The number of allylic oxidation sites excluding steroid dienone is 2. The van der Waals surface area contributed by atoms with E-state index in [2.05, 4.69) is 4.74 Å². The molecule has 4 aliphatic carbocycles. The Hall–Kier alpha value is -3.13. The van der Waals surface area contributed by atoms with E-state index in [1.165, 1.54) is 34.5 Å². The van der Waals surface area contributed by atoms with Crippen LogP contribution in [0.1, 0.15) is 28.3 Å². The van der Waals surface area contributed by atoms with Gasteiger partial charge in [-0.1, -0.05) is 12.2 Å². The number of benzene rings is 1. The summed E-state index contributed by atoms with van der Waals surface area (Å²) in [4.78, 5) is 37.9. The zero-order valence-corrected chi connectivity index (χ0v) is 17.7. The largest absolute Gasteiger partial charge is 0.493 e. The van der Waals surface area contributed by atoms with E-state index in [4.69, 9.17) is 14.2 Å². The average molecular weight is 428 g/mol. The summed E-state index contributed by atoms with van der Waals surface area (Å²) in [5, 5.41) is 11.5. The monoisotopic (exact) mass is 428 g/mol. The lowest BCUT2D eigenvalue weighted by atomic mass is 9.48. The van der Waals surface area contributed by atoms with Crippen molar-refractivity contribution in [1.82, 2.24) is 0 Å². The van der Waals surface area contributed by atoms with E-state index in [9.17, 15) is 19.5 Å². The Bertz CT molecular complexity index is 1020. The van der Waals surface area contributed by atoms with E-state index in [-0.39, 0.29) is 6.42 Å². The molecular formula is C23H24O8. The van der Waals surface area contributed by atoms with E-state index >= 15 is 0 Å². The first kappa shape index (κ1) is 21.1. The summed E-state index contributed by atoms with van der Waals surface area (Å²) >= 11 is 0. The molecule has 1 fully saturated rings. The van der Waals surface area contributed by atoms with Crippen LogP contribution < -0.4 is 9.47 Å². The van der Waals surface area contributed by atoms with Gasteiger partial charge in [-0.3, -0.25) is 9.59 Å². The van der Waals surface area contributed by atoms with Gasteiger partial charge in [0.1, 0.15) is 5.60 Å². The second-order valence-electron chi connectivity index (χ2n) is 7.98. The number of esters is 2. The lowest BCUT2D eigenvalue weighted by Crippen LogP contribution is -2.62. The van der Waals surface area contributed by atoms with E-state index in [0.29, 0.717) is 28.2 Å². The number of Topliss-reactive ketones (excluding diaryl/α,β-unsaturated/α-hetero) is 1. The molecule has 1 N–H and O–H groups in total. The molecule has 0 radical (unpaired) electrons. The molecule has 5 unspecified atom stereocenters. The van der Waals surface area contributed by atoms with Gasteiger partial charge in [-0.05, 0) is 29.7 Å². The van der Waals surface area contributed by atoms with Crippen LogP contribution in [0, 0.1) is 17.8 Å². The van der Waals surface area contributed by atoms with Crippen molar-refractivity contribution in [2.45, 2.75) is 17.9 Å². The van der Waals surface area contributed by atoms with Crippen LogP contribution in [0.15, 0.2) is 35.9 Å². The fraction of sp³-hybridized carbons (Fsp3) is 0.435. The van der Waals surface area contributed by atoms with Crippen LogP contribution in [0.25, 0.3) is 0 Å². The zero-order chi connectivity index (χ0) is 22.5. The van der Waals surface area contributed by atoms with Crippen molar-refractivity contribution < 1.29 is 38.4 Å².